The molecule has 4 aromatic rings. The number of benzene rings is 2. The highest BCUT2D eigenvalue weighted by Gasteiger charge is 2.37. The van der Waals surface area contributed by atoms with E-state index in [1.165, 1.54) is 14.1 Å². The second-order valence-electron chi connectivity index (χ2n) is 7.83. The maximum absolute atomic E-state index is 13.3. The Morgan fingerprint density at radius 1 is 0.889 bits per heavy atom. The molecule has 0 saturated carbocycles. The number of halogens is 7. The van der Waals surface area contributed by atoms with E-state index in [0.717, 1.165) is 13.7 Å². The number of nitrogens with zero attached hydrogens (tertiary/aromatic N) is 4. The van der Waals surface area contributed by atoms with Crippen LogP contribution in [0.2, 0.25) is 5.02 Å². The van der Waals surface area contributed by atoms with Gasteiger partial charge in [-0.15, -0.1) is 0 Å². The van der Waals surface area contributed by atoms with Crippen molar-refractivity contribution in [2.45, 2.75) is 18.9 Å². The summed E-state index contributed by atoms with van der Waals surface area (Å²) in [6.45, 7) is -0.123. The summed E-state index contributed by atoms with van der Waals surface area (Å²) in [5.74, 6) is -0.813. The maximum atomic E-state index is 13.3. The molecule has 14 heteroatoms. The number of fused-ring (bicyclic) bond motifs is 1. The molecule has 2 aromatic carbocycles. The van der Waals surface area contributed by atoms with E-state index in [-0.39, 0.29) is 23.8 Å². The smallest absolute Gasteiger partial charge is 0.416 e. The Balaban J connectivity index is 1.95. The molecule has 0 aliphatic heterocycles. The molecule has 2 aromatic heterocycles. The van der Waals surface area contributed by atoms with Gasteiger partial charge >= 0.3 is 24.1 Å². The van der Waals surface area contributed by atoms with Crippen molar-refractivity contribution in [2.75, 3.05) is 0 Å². The zero-order chi connectivity index (χ0) is 26.6. The number of imidazole rings is 1. The minimum Gasteiger partial charge on any atom is -0.425 e. The topological polar surface area (TPSA) is 71.1 Å². The van der Waals surface area contributed by atoms with E-state index >= 15 is 0 Å². The predicted molar refractivity (Wildman–Crippen MR) is 117 cm³/mol. The quantitative estimate of drug-likeness (QED) is 0.348. The number of hydrogen-bond donors (Lipinski definition) is 0. The van der Waals surface area contributed by atoms with Gasteiger partial charge in [-0.2, -0.15) is 31.3 Å². The molecule has 0 atom stereocenters. The molecule has 36 heavy (non-hydrogen) atoms. The van der Waals surface area contributed by atoms with E-state index in [9.17, 15) is 35.9 Å². The first-order chi connectivity index (χ1) is 16.7. The van der Waals surface area contributed by atoms with Crippen LogP contribution in [0.5, 0.6) is 11.8 Å². The molecule has 0 fully saturated rings. The van der Waals surface area contributed by atoms with Crippen LogP contribution in [0.15, 0.2) is 52.1 Å². The molecule has 0 aliphatic carbocycles. The zero-order valence-corrected chi connectivity index (χ0v) is 19.2. The van der Waals surface area contributed by atoms with Gasteiger partial charge in [0.1, 0.15) is 5.75 Å². The third-order valence-electron chi connectivity index (χ3n) is 5.34. The van der Waals surface area contributed by atoms with Crippen molar-refractivity contribution in [1.82, 2.24) is 18.7 Å². The maximum Gasteiger partial charge on any atom is 0.416 e. The third-order valence-corrected chi connectivity index (χ3v) is 5.59. The molecular weight excluding hydrogens is 518 g/mol. The standard InChI is InChI=1S/C22H15ClF6N4O3/c1-31-17-16(18(34)32(2)20(31)35)33(10-11-3-5-14(23)6-4-11)19(30-17)36-15-8-12(21(24,25)26)7-13(9-15)22(27,28)29/h3-9H,10H2,1-2H3. The summed E-state index contributed by atoms with van der Waals surface area (Å²) < 4.78 is 88.2. The van der Waals surface area contributed by atoms with Gasteiger partial charge in [-0.3, -0.25) is 18.5 Å². The minimum atomic E-state index is -5.09. The van der Waals surface area contributed by atoms with Gasteiger partial charge in [-0.1, -0.05) is 23.7 Å². The van der Waals surface area contributed by atoms with Crippen LogP contribution in [-0.2, 0) is 33.0 Å². The Morgan fingerprint density at radius 3 is 1.97 bits per heavy atom. The largest absolute Gasteiger partial charge is 0.425 e. The summed E-state index contributed by atoms with van der Waals surface area (Å²) in [4.78, 5) is 29.3. The Hall–Kier alpha value is -3.74. The van der Waals surface area contributed by atoms with Crippen molar-refractivity contribution in [1.29, 1.82) is 0 Å². The summed E-state index contributed by atoms with van der Waals surface area (Å²) in [5.41, 5.74) is -4.47. The van der Waals surface area contributed by atoms with Crippen LogP contribution in [0, 0.1) is 0 Å². The Labute approximate surface area is 202 Å². The third kappa shape index (κ3) is 4.70. The first-order valence-corrected chi connectivity index (χ1v) is 10.4. The molecule has 0 amide bonds. The van der Waals surface area contributed by atoms with Crippen molar-refractivity contribution in [3.8, 4) is 11.8 Å². The average Bonchev–Trinajstić information content (AvgIpc) is 3.14. The lowest BCUT2D eigenvalue weighted by Crippen LogP contribution is -2.37. The molecule has 2 heterocycles. The fourth-order valence-corrected chi connectivity index (χ4v) is 3.64. The van der Waals surface area contributed by atoms with E-state index in [2.05, 4.69) is 4.98 Å². The molecular formula is C22H15ClF6N4O3. The molecule has 0 bridgehead atoms. The lowest BCUT2D eigenvalue weighted by atomic mass is 10.1. The average molecular weight is 533 g/mol. The minimum absolute atomic E-state index is 0.0387. The molecule has 0 aliphatic rings. The van der Waals surface area contributed by atoms with Gasteiger partial charge in [-0.25, -0.2) is 4.79 Å². The van der Waals surface area contributed by atoms with Crippen molar-refractivity contribution >= 4 is 22.8 Å². The van der Waals surface area contributed by atoms with Crippen LogP contribution in [-0.4, -0.2) is 18.7 Å². The fraction of sp³-hybridized carbons (Fsp3) is 0.227. The number of aromatic nitrogens is 4. The van der Waals surface area contributed by atoms with E-state index in [4.69, 9.17) is 16.3 Å². The first kappa shape index (κ1) is 25.4. The fourth-order valence-electron chi connectivity index (χ4n) is 3.51. The van der Waals surface area contributed by atoms with Crippen molar-refractivity contribution in [2.24, 2.45) is 14.1 Å². The van der Waals surface area contributed by atoms with E-state index in [1.54, 1.807) is 24.3 Å². The zero-order valence-electron chi connectivity index (χ0n) is 18.4. The van der Waals surface area contributed by atoms with Crippen LogP contribution >= 0.6 is 11.6 Å². The lowest BCUT2D eigenvalue weighted by molar-refractivity contribution is -0.143. The first-order valence-electron chi connectivity index (χ1n) is 10.0. The second kappa shape index (κ2) is 8.73. The van der Waals surface area contributed by atoms with Crippen molar-refractivity contribution < 1.29 is 31.1 Å². The molecule has 190 valence electrons. The normalized spacial score (nSPS) is 12.4. The summed E-state index contributed by atoms with van der Waals surface area (Å²) >= 11 is 5.90. The predicted octanol–water partition coefficient (Wildman–Crippen LogP) is 4.97. The van der Waals surface area contributed by atoms with Crippen molar-refractivity contribution in [3.63, 3.8) is 0 Å². The van der Waals surface area contributed by atoms with Crippen LogP contribution in [0.1, 0.15) is 16.7 Å². The summed E-state index contributed by atoms with van der Waals surface area (Å²) in [5, 5.41) is 0.410. The Morgan fingerprint density at radius 2 is 1.44 bits per heavy atom. The summed E-state index contributed by atoms with van der Waals surface area (Å²) in [7, 11) is 2.52. The second-order valence-corrected chi connectivity index (χ2v) is 8.27. The number of alkyl halides is 6. The molecule has 0 saturated heterocycles. The van der Waals surface area contributed by atoms with Gasteiger partial charge in [-0.05, 0) is 35.9 Å². The van der Waals surface area contributed by atoms with E-state index in [1.807, 2.05) is 0 Å². The Kier molecular flexibility index (Phi) is 6.15. The van der Waals surface area contributed by atoms with Crippen LogP contribution < -0.4 is 16.0 Å². The van der Waals surface area contributed by atoms with Gasteiger partial charge in [0.15, 0.2) is 11.2 Å². The van der Waals surface area contributed by atoms with E-state index in [0.29, 0.717) is 22.7 Å². The number of rotatable bonds is 4. The van der Waals surface area contributed by atoms with Gasteiger partial charge < -0.3 is 4.74 Å². The van der Waals surface area contributed by atoms with Crippen LogP contribution in [0.3, 0.4) is 0 Å². The Bertz CT molecular complexity index is 1550. The molecule has 7 nitrogen and oxygen atoms in total. The van der Waals surface area contributed by atoms with Gasteiger partial charge in [0.25, 0.3) is 5.56 Å². The van der Waals surface area contributed by atoms with Gasteiger partial charge in [0.2, 0.25) is 0 Å². The van der Waals surface area contributed by atoms with Gasteiger partial charge in [0.05, 0.1) is 17.7 Å². The molecule has 0 unspecified atom stereocenters. The molecule has 4 rings (SSSR count). The number of hydrogen-bond acceptors (Lipinski definition) is 4. The van der Waals surface area contributed by atoms with Crippen molar-refractivity contribution in [3.05, 3.63) is 85.0 Å². The molecule has 0 radical (unpaired) electrons. The van der Waals surface area contributed by atoms with Crippen LogP contribution in [0.25, 0.3) is 11.2 Å². The number of ether oxygens (including phenoxy) is 1. The highest BCUT2D eigenvalue weighted by molar-refractivity contribution is 6.30. The summed E-state index contributed by atoms with van der Waals surface area (Å²) in [6.07, 6.45) is -10.2. The molecule has 0 spiro atoms. The van der Waals surface area contributed by atoms with Gasteiger partial charge in [0, 0.05) is 19.1 Å². The highest BCUT2D eigenvalue weighted by Crippen LogP contribution is 2.39. The highest BCUT2D eigenvalue weighted by atomic mass is 35.5. The summed E-state index contributed by atoms with van der Waals surface area (Å²) in [6, 6.07) is 6.53. The number of aryl methyl sites for hydroxylation is 1. The lowest BCUT2D eigenvalue weighted by Gasteiger charge is -2.15. The monoisotopic (exact) mass is 532 g/mol. The van der Waals surface area contributed by atoms with E-state index < -0.39 is 46.5 Å². The van der Waals surface area contributed by atoms with Crippen LogP contribution in [0.4, 0.5) is 26.3 Å². The SMILES string of the molecule is Cn1c(=O)c2c(nc(Oc3cc(C(F)(F)F)cc(C(F)(F)F)c3)n2Cc2ccc(Cl)cc2)n(C)c1=O. The molecule has 0 N–H and O–H groups in total.